The Balaban J connectivity index is 2.38. The Hall–Kier alpha value is -2.90. The van der Waals surface area contributed by atoms with Crippen molar-refractivity contribution in [2.45, 2.75) is 0 Å². The van der Waals surface area contributed by atoms with Gasteiger partial charge in [-0.2, -0.15) is 0 Å². The summed E-state index contributed by atoms with van der Waals surface area (Å²) in [5.41, 5.74) is 5.26. The first kappa shape index (κ1) is 16.9. The van der Waals surface area contributed by atoms with Crippen molar-refractivity contribution >= 4 is 28.9 Å². The highest BCUT2D eigenvalue weighted by Crippen LogP contribution is 2.46. The third-order valence-electron chi connectivity index (χ3n) is 3.87. The van der Waals surface area contributed by atoms with Crippen molar-refractivity contribution in [1.82, 2.24) is 0 Å². The quantitative estimate of drug-likeness (QED) is 0.560. The fourth-order valence-corrected chi connectivity index (χ4v) is 6.16. The molecule has 4 heteroatoms. The van der Waals surface area contributed by atoms with Gasteiger partial charge in [0.15, 0.2) is 0 Å². The molecule has 3 nitrogen and oxygen atoms in total. The zero-order valence-electron chi connectivity index (χ0n) is 13.7. The highest BCUT2D eigenvalue weighted by Gasteiger charge is 2.26. The van der Waals surface area contributed by atoms with Gasteiger partial charge in [0.25, 0.3) is 0 Å². The number of rotatable bonds is 5. The molecule has 0 saturated carbocycles. The van der Waals surface area contributed by atoms with Crippen LogP contribution in [0.1, 0.15) is 0 Å². The molecule has 0 unspecified atom stereocenters. The van der Waals surface area contributed by atoms with Gasteiger partial charge in [0, 0.05) is 28.2 Å². The molecule has 3 aromatic carbocycles. The lowest BCUT2D eigenvalue weighted by Gasteiger charge is -2.26. The van der Waals surface area contributed by atoms with Crippen LogP contribution in [0.5, 0.6) is 0 Å². The molecule has 0 fully saturated rings. The minimum atomic E-state index is -2.28. The maximum Gasteiger partial charge on any atom is 0.242 e. The van der Waals surface area contributed by atoms with Gasteiger partial charge in [-0.3, -0.25) is 9.54 Å². The number of primary amides is 1. The first-order valence-electron chi connectivity index (χ1n) is 7.98. The number of nitrogens with zero attached hydrogens (tertiary/aromatic N) is 1. The van der Waals surface area contributed by atoms with Crippen LogP contribution in [-0.4, -0.2) is 5.91 Å². The lowest BCUT2D eigenvalue weighted by Crippen LogP contribution is -2.25. The molecule has 25 heavy (non-hydrogen) atoms. The molecule has 0 atom stereocenters. The van der Waals surface area contributed by atoms with Crippen molar-refractivity contribution in [3.63, 3.8) is 0 Å². The second-order valence-electron chi connectivity index (χ2n) is 5.48. The molecular formula is C21H19N2OP. The van der Waals surface area contributed by atoms with Crippen molar-refractivity contribution in [3.05, 3.63) is 103 Å². The minimum absolute atomic E-state index is 0.504. The van der Waals surface area contributed by atoms with Crippen LogP contribution in [0.15, 0.2) is 108 Å². The number of benzene rings is 3. The molecule has 0 heterocycles. The molecule has 3 aromatic rings. The Labute approximate surface area is 147 Å². The average Bonchev–Trinajstić information content (AvgIpc) is 2.67. The van der Waals surface area contributed by atoms with E-state index in [1.807, 2.05) is 54.6 Å². The van der Waals surface area contributed by atoms with Gasteiger partial charge in [-0.1, -0.05) is 91.0 Å². The molecule has 0 aliphatic rings. The average molecular weight is 346 g/mol. The van der Waals surface area contributed by atoms with Crippen molar-refractivity contribution < 1.29 is 4.79 Å². The Morgan fingerprint density at radius 3 is 1.40 bits per heavy atom. The van der Waals surface area contributed by atoms with Crippen LogP contribution in [0.3, 0.4) is 0 Å². The summed E-state index contributed by atoms with van der Waals surface area (Å²) in [4.78, 5) is 11.2. The van der Waals surface area contributed by atoms with E-state index in [0.717, 1.165) is 15.9 Å². The first-order valence-corrected chi connectivity index (χ1v) is 9.72. The highest BCUT2D eigenvalue weighted by molar-refractivity contribution is 7.87. The van der Waals surface area contributed by atoms with Crippen molar-refractivity contribution in [3.8, 4) is 0 Å². The summed E-state index contributed by atoms with van der Waals surface area (Å²) < 4.78 is 4.94. The second kappa shape index (κ2) is 7.78. The van der Waals surface area contributed by atoms with Crippen LogP contribution in [0.2, 0.25) is 0 Å². The van der Waals surface area contributed by atoms with E-state index in [1.54, 1.807) is 6.20 Å². The van der Waals surface area contributed by atoms with Gasteiger partial charge in [0.05, 0.1) is 7.05 Å². The standard InChI is InChI=1S/C21H19N2OP/c22-21(24)16-17-23-25(18-10-4-1-5-11-18,19-12-6-2-7-13-19)20-14-8-3-9-15-20/h1-17H,(H2,22,24)/b17-16+. The summed E-state index contributed by atoms with van der Waals surface area (Å²) >= 11 is 0. The summed E-state index contributed by atoms with van der Waals surface area (Å²) in [7, 11) is -2.28. The molecule has 0 radical (unpaired) electrons. The maximum atomic E-state index is 11.2. The number of carbonyl (C=O) groups excluding carboxylic acids is 1. The van der Waals surface area contributed by atoms with E-state index < -0.39 is 13.0 Å². The van der Waals surface area contributed by atoms with E-state index in [2.05, 4.69) is 36.4 Å². The summed E-state index contributed by atoms with van der Waals surface area (Å²) in [6, 6.07) is 30.6. The SMILES string of the molecule is NC(=O)/C=C/N=P(c1ccccc1)(c1ccccc1)c1ccccc1. The molecule has 0 aromatic heterocycles. The molecular weight excluding hydrogens is 327 g/mol. The number of hydrogen-bond acceptors (Lipinski definition) is 2. The van der Waals surface area contributed by atoms with Crippen molar-refractivity contribution in [2.75, 3.05) is 0 Å². The summed E-state index contributed by atoms with van der Waals surface area (Å²) in [5, 5.41) is 3.38. The molecule has 0 bridgehead atoms. The molecule has 0 saturated heterocycles. The second-order valence-corrected chi connectivity index (χ2v) is 8.53. The lowest BCUT2D eigenvalue weighted by molar-refractivity contribution is -0.113. The first-order chi connectivity index (χ1) is 12.2. The van der Waals surface area contributed by atoms with Gasteiger partial charge in [-0.05, 0) is 0 Å². The normalized spacial score (nSPS) is 11.4. The number of amides is 1. The van der Waals surface area contributed by atoms with Crippen molar-refractivity contribution in [2.24, 2.45) is 10.5 Å². The van der Waals surface area contributed by atoms with Crippen LogP contribution < -0.4 is 21.6 Å². The summed E-state index contributed by atoms with van der Waals surface area (Å²) in [6.45, 7) is 0. The van der Waals surface area contributed by atoms with E-state index in [-0.39, 0.29) is 0 Å². The molecule has 124 valence electrons. The molecule has 1 amide bonds. The molecule has 0 aliphatic heterocycles. The number of hydrogen-bond donors (Lipinski definition) is 1. The predicted octanol–water partition coefficient (Wildman–Crippen LogP) is 3.16. The van der Waals surface area contributed by atoms with E-state index in [0.29, 0.717) is 0 Å². The summed E-state index contributed by atoms with van der Waals surface area (Å²) in [5.74, 6) is -0.504. The van der Waals surface area contributed by atoms with Gasteiger partial charge in [-0.15, -0.1) is 0 Å². The Morgan fingerprint density at radius 2 is 1.08 bits per heavy atom. The van der Waals surface area contributed by atoms with Crippen LogP contribution in [-0.2, 0) is 4.79 Å². The van der Waals surface area contributed by atoms with Crippen LogP contribution in [0, 0.1) is 0 Å². The van der Waals surface area contributed by atoms with Gasteiger partial charge in [0.2, 0.25) is 5.91 Å². The summed E-state index contributed by atoms with van der Waals surface area (Å²) in [6.07, 6.45) is 2.85. The van der Waals surface area contributed by atoms with Crippen LogP contribution >= 0.6 is 7.05 Å². The van der Waals surface area contributed by atoms with Gasteiger partial charge in [-0.25, -0.2) is 0 Å². The molecule has 3 rings (SSSR count). The zero-order chi connectivity index (χ0) is 17.5. The Bertz CT molecular complexity index is 816. The molecule has 0 aliphatic carbocycles. The minimum Gasteiger partial charge on any atom is -0.366 e. The van der Waals surface area contributed by atoms with E-state index >= 15 is 0 Å². The smallest absolute Gasteiger partial charge is 0.242 e. The van der Waals surface area contributed by atoms with Gasteiger partial charge >= 0.3 is 0 Å². The topological polar surface area (TPSA) is 55.5 Å². The largest absolute Gasteiger partial charge is 0.366 e. The number of nitrogens with two attached hydrogens (primary N) is 1. The fraction of sp³-hybridized carbons (Fsp3) is 0. The maximum absolute atomic E-state index is 11.2. The third kappa shape index (κ3) is 3.62. The van der Waals surface area contributed by atoms with Gasteiger partial charge < -0.3 is 5.73 Å². The Morgan fingerprint density at radius 1 is 0.720 bits per heavy atom. The molecule has 2 N–H and O–H groups in total. The van der Waals surface area contributed by atoms with E-state index in [9.17, 15) is 4.79 Å². The lowest BCUT2D eigenvalue weighted by atomic mass is 10.4. The van der Waals surface area contributed by atoms with Crippen LogP contribution in [0.4, 0.5) is 0 Å². The zero-order valence-corrected chi connectivity index (χ0v) is 14.6. The molecule has 0 spiro atoms. The van der Waals surface area contributed by atoms with E-state index in [1.165, 1.54) is 6.08 Å². The predicted molar refractivity (Wildman–Crippen MR) is 106 cm³/mol. The highest BCUT2D eigenvalue weighted by atomic mass is 31.2. The van der Waals surface area contributed by atoms with Gasteiger partial charge in [0.1, 0.15) is 0 Å². The monoisotopic (exact) mass is 346 g/mol. The third-order valence-corrected chi connectivity index (χ3v) is 7.48. The fourth-order valence-electron chi connectivity index (χ4n) is 2.79. The van der Waals surface area contributed by atoms with E-state index in [4.69, 9.17) is 10.5 Å². The van der Waals surface area contributed by atoms with Crippen LogP contribution in [0.25, 0.3) is 0 Å². The Kier molecular flexibility index (Phi) is 5.27. The number of carbonyl (C=O) groups is 1. The van der Waals surface area contributed by atoms with Crippen molar-refractivity contribution in [1.29, 1.82) is 0 Å².